The molecule has 1 amide bonds. The molecule has 0 aliphatic carbocycles. The highest BCUT2D eigenvalue weighted by Gasteiger charge is 2.23. The molecule has 0 atom stereocenters. The summed E-state index contributed by atoms with van der Waals surface area (Å²) in [6.07, 6.45) is -0.590. The van der Waals surface area contributed by atoms with Crippen molar-refractivity contribution < 1.29 is 28.5 Å². The topological polar surface area (TPSA) is 93.1 Å². The lowest BCUT2D eigenvalue weighted by atomic mass is 9.96. The maximum atomic E-state index is 13.0. The van der Waals surface area contributed by atoms with Crippen LogP contribution in [0, 0.1) is 0 Å². The number of amides is 1. The Kier molecular flexibility index (Phi) is 7.85. The summed E-state index contributed by atoms with van der Waals surface area (Å²) in [6, 6.07) is 21.6. The van der Waals surface area contributed by atoms with Crippen LogP contribution in [0.1, 0.15) is 26.3 Å². The number of carbonyl (C=O) groups is 1. The molecule has 5 rings (SSSR count). The fourth-order valence-corrected chi connectivity index (χ4v) is 4.92. The zero-order valence-corrected chi connectivity index (χ0v) is 24.9. The number of fused-ring (bicyclic) bond motifs is 2. The van der Waals surface area contributed by atoms with Crippen LogP contribution in [0.15, 0.2) is 66.7 Å². The third-order valence-corrected chi connectivity index (χ3v) is 6.85. The summed E-state index contributed by atoms with van der Waals surface area (Å²) in [7, 11) is 6.50. The molecule has 5 aromatic rings. The Morgan fingerprint density at radius 2 is 1.40 bits per heavy atom. The molecule has 0 aliphatic rings. The second-order valence-corrected chi connectivity index (χ2v) is 10.8. The van der Waals surface area contributed by atoms with Crippen molar-refractivity contribution in [3.63, 3.8) is 0 Å². The minimum absolute atomic E-state index is 0.360. The molecule has 0 saturated heterocycles. The molecule has 1 N–H and O–H groups in total. The molecular weight excluding hydrogens is 534 g/mol. The largest absolute Gasteiger partial charge is 0.497 e. The van der Waals surface area contributed by atoms with E-state index in [-0.39, 0.29) is 0 Å². The van der Waals surface area contributed by atoms with E-state index < -0.39 is 11.7 Å². The van der Waals surface area contributed by atoms with Gasteiger partial charge < -0.3 is 28.3 Å². The Morgan fingerprint density at radius 3 is 1.98 bits per heavy atom. The standard InChI is InChI=1S/C33H35N3O6/c1-33(2,3)42-32(37)35-31-34-30-26(36(31)19-20-8-12-23(38-4)13-9-20)16-22-17-27(40-6)28(41-7)18-25(22)29(30)21-10-14-24(39-5)15-11-21/h8-18H,19H2,1-7H3,(H,34,35,37). The van der Waals surface area contributed by atoms with Gasteiger partial charge in [0.15, 0.2) is 11.5 Å². The number of aromatic nitrogens is 2. The van der Waals surface area contributed by atoms with Gasteiger partial charge >= 0.3 is 6.09 Å². The molecule has 42 heavy (non-hydrogen) atoms. The minimum Gasteiger partial charge on any atom is -0.497 e. The molecule has 9 nitrogen and oxygen atoms in total. The molecule has 0 saturated carbocycles. The van der Waals surface area contributed by atoms with Crippen LogP contribution in [0.2, 0.25) is 0 Å². The summed E-state index contributed by atoms with van der Waals surface area (Å²) in [5, 5.41) is 4.73. The highest BCUT2D eigenvalue weighted by atomic mass is 16.6. The van der Waals surface area contributed by atoms with E-state index in [9.17, 15) is 4.79 Å². The van der Waals surface area contributed by atoms with E-state index in [1.165, 1.54) is 0 Å². The predicted octanol–water partition coefficient (Wildman–Crippen LogP) is 7.29. The van der Waals surface area contributed by atoms with E-state index in [0.717, 1.165) is 44.5 Å². The van der Waals surface area contributed by atoms with Gasteiger partial charge in [0, 0.05) is 5.56 Å². The molecule has 1 heterocycles. The van der Waals surface area contributed by atoms with Crippen LogP contribution < -0.4 is 24.3 Å². The van der Waals surface area contributed by atoms with Crippen molar-refractivity contribution in [1.82, 2.24) is 9.55 Å². The Labute approximate surface area is 244 Å². The van der Waals surface area contributed by atoms with Gasteiger partial charge in [0.1, 0.15) is 17.1 Å². The lowest BCUT2D eigenvalue weighted by molar-refractivity contribution is 0.0634. The molecule has 0 aliphatic heterocycles. The van der Waals surface area contributed by atoms with E-state index in [4.69, 9.17) is 28.7 Å². The van der Waals surface area contributed by atoms with E-state index >= 15 is 0 Å². The van der Waals surface area contributed by atoms with Crippen LogP contribution in [-0.4, -0.2) is 49.7 Å². The number of anilines is 1. The number of nitrogens with one attached hydrogen (secondary N) is 1. The van der Waals surface area contributed by atoms with Gasteiger partial charge in [-0.3, -0.25) is 5.32 Å². The number of nitrogens with zero attached hydrogens (tertiary/aromatic N) is 2. The predicted molar refractivity (Wildman–Crippen MR) is 164 cm³/mol. The molecule has 218 valence electrons. The first-order valence-corrected chi connectivity index (χ1v) is 13.5. The average Bonchev–Trinajstić information content (AvgIpc) is 3.30. The van der Waals surface area contributed by atoms with Gasteiger partial charge in [-0.2, -0.15) is 0 Å². The summed E-state index contributed by atoms with van der Waals surface area (Å²) in [4.78, 5) is 18.0. The first kappa shape index (κ1) is 28.6. The fourth-order valence-electron chi connectivity index (χ4n) is 4.92. The molecule has 0 fully saturated rings. The molecule has 0 radical (unpaired) electrons. The highest BCUT2D eigenvalue weighted by molar-refractivity contribution is 6.12. The lowest BCUT2D eigenvalue weighted by Crippen LogP contribution is -2.28. The van der Waals surface area contributed by atoms with E-state index in [0.29, 0.717) is 29.5 Å². The Morgan fingerprint density at radius 1 is 0.810 bits per heavy atom. The summed E-state index contributed by atoms with van der Waals surface area (Å²) < 4.78 is 29.6. The van der Waals surface area contributed by atoms with Gasteiger partial charge in [-0.25, -0.2) is 9.78 Å². The second-order valence-electron chi connectivity index (χ2n) is 10.8. The minimum atomic E-state index is -0.674. The molecule has 0 unspecified atom stereocenters. The number of benzene rings is 4. The SMILES string of the molecule is COc1ccc(Cn2c(NC(=O)OC(C)(C)C)nc3c(-c4ccc(OC)cc4)c4cc(OC)c(OC)cc4cc32)cc1. The normalized spacial score (nSPS) is 11.4. The number of imidazole rings is 1. The molecule has 1 aromatic heterocycles. The summed E-state index contributed by atoms with van der Waals surface area (Å²) >= 11 is 0. The van der Waals surface area contributed by atoms with Crippen molar-refractivity contribution in [2.75, 3.05) is 33.8 Å². The van der Waals surface area contributed by atoms with Crippen molar-refractivity contribution in [3.8, 4) is 34.1 Å². The molecule has 0 bridgehead atoms. The highest BCUT2D eigenvalue weighted by Crippen LogP contribution is 2.42. The number of rotatable bonds is 8. The maximum absolute atomic E-state index is 13.0. The van der Waals surface area contributed by atoms with Crippen molar-refractivity contribution in [2.24, 2.45) is 0 Å². The van der Waals surface area contributed by atoms with Gasteiger partial charge in [-0.15, -0.1) is 0 Å². The molecule has 9 heteroatoms. The summed E-state index contributed by atoms with van der Waals surface area (Å²) in [5.41, 5.74) is 3.67. The third kappa shape index (κ3) is 5.76. The lowest BCUT2D eigenvalue weighted by Gasteiger charge is -2.19. The zero-order chi connectivity index (χ0) is 30.0. The zero-order valence-electron chi connectivity index (χ0n) is 24.9. The first-order chi connectivity index (χ1) is 20.1. The van der Waals surface area contributed by atoms with Crippen LogP contribution in [0.5, 0.6) is 23.0 Å². The molecule has 4 aromatic carbocycles. The van der Waals surface area contributed by atoms with Crippen molar-refractivity contribution in [3.05, 3.63) is 72.3 Å². The van der Waals surface area contributed by atoms with E-state index in [1.807, 2.05) is 86.0 Å². The Balaban J connectivity index is 1.80. The van der Waals surface area contributed by atoms with Crippen molar-refractivity contribution in [2.45, 2.75) is 32.9 Å². The molecular formula is C33H35N3O6. The Bertz CT molecular complexity index is 1740. The Hall–Kier alpha value is -4.92. The van der Waals surface area contributed by atoms with Gasteiger partial charge in [-0.1, -0.05) is 24.3 Å². The number of methoxy groups -OCH3 is 4. The van der Waals surface area contributed by atoms with Crippen LogP contribution in [0.25, 0.3) is 32.9 Å². The smallest absolute Gasteiger partial charge is 0.414 e. The fraction of sp³-hybridized carbons (Fsp3) is 0.273. The van der Waals surface area contributed by atoms with Crippen molar-refractivity contribution >= 4 is 33.8 Å². The first-order valence-electron chi connectivity index (χ1n) is 13.5. The van der Waals surface area contributed by atoms with Crippen LogP contribution in [0.4, 0.5) is 10.7 Å². The van der Waals surface area contributed by atoms with Crippen LogP contribution in [-0.2, 0) is 11.3 Å². The average molecular weight is 570 g/mol. The van der Waals surface area contributed by atoms with Crippen molar-refractivity contribution in [1.29, 1.82) is 0 Å². The van der Waals surface area contributed by atoms with Gasteiger partial charge in [0.2, 0.25) is 5.95 Å². The van der Waals surface area contributed by atoms with Gasteiger partial charge in [0.25, 0.3) is 0 Å². The number of hydrogen-bond acceptors (Lipinski definition) is 7. The van der Waals surface area contributed by atoms with Gasteiger partial charge in [0.05, 0.1) is 46.0 Å². The van der Waals surface area contributed by atoms with E-state index in [2.05, 4.69) is 11.4 Å². The second kappa shape index (κ2) is 11.5. The maximum Gasteiger partial charge on any atom is 0.414 e. The monoisotopic (exact) mass is 569 g/mol. The third-order valence-electron chi connectivity index (χ3n) is 6.85. The summed E-state index contributed by atoms with van der Waals surface area (Å²) in [5.74, 6) is 3.07. The number of ether oxygens (including phenoxy) is 5. The van der Waals surface area contributed by atoms with Crippen LogP contribution in [0.3, 0.4) is 0 Å². The quantitative estimate of drug-likeness (QED) is 0.210. The summed E-state index contributed by atoms with van der Waals surface area (Å²) in [6.45, 7) is 5.90. The number of carbonyl (C=O) groups excluding carboxylic acids is 1. The van der Waals surface area contributed by atoms with Gasteiger partial charge in [-0.05, 0) is 85.1 Å². The molecule has 0 spiro atoms. The van der Waals surface area contributed by atoms with Crippen LogP contribution >= 0.6 is 0 Å². The number of hydrogen-bond donors (Lipinski definition) is 1. The van der Waals surface area contributed by atoms with E-state index in [1.54, 1.807) is 28.4 Å².